The SMILES string of the molecule is CCCC(COC)NC1CCc2c(F)cccc21. The number of ether oxygens (including phenoxy) is 1. The second-order valence-electron chi connectivity index (χ2n) is 5.01. The van der Waals surface area contributed by atoms with E-state index in [1.54, 1.807) is 19.2 Å². The molecule has 0 aromatic heterocycles. The lowest BCUT2D eigenvalue weighted by Crippen LogP contribution is -2.35. The molecule has 2 unspecified atom stereocenters. The van der Waals surface area contributed by atoms with Crippen molar-refractivity contribution < 1.29 is 9.13 Å². The van der Waals surface area contributed by atoms with Crippen LogP contribution in [0.4, 0.5) is 4.39 Å². The van der Waals surface area contributed by atoms with Crippen LogP contribution in [0.3, 0.4) is 0 Å². The van der Waals surface area contributed by atoms with E-state index in [9.17, 15) is 4.39 Å². The molecule has 1 N–H and O–H groups in total. The monoisotopic (exact) mass is 251 g/mol. The van der Waals surface area contributed by atoms with Gasteiger partial charge in [0, 0.05) is 19.2 Å². The number of fused-ring (bicyclic) bond motifs is 1. The van der Waals surface area contributed by atoms with Crippen molar-refractivity contribution in [3.05, 3.63) is 35.1 Å². The van der Waals surface area contributed by atoms with Gasteiger partial charge in [-0.15, -0.1) is 0 Å². The van der Waals surface area contributed by atoms with Gasteiger partial charge in [0.15, 0.2) is 0 Å². The van der Waals surface area contributed by atoms with Crippen molar-refractivity contribution in [1.82, 2.24) is 5.32 Å². The first-order valence-corrected chi connectivity index (χ1v) is 6.78. The Balaban J connectivity index is 2.06. The maximum atomic E-state index is 13.6. The lowest BCUT2D eigenvalue weighted by Gasteiger charge is -2.22. The van der Waals surface area contributed by atoms with E-state index in [4.69, 9.17) is 4.74 Å². The third-order valence-electron chi connectivity index (χ3n) is 3.66. The summed E-state index contributed by atoms with van der Waals surface area (Å²) in [6.45, 7) is 2.89. The van der Waals surface area contributed by atoms with E-state index in [2.05, 4.69) is 12.2 Å². The van der Waals surface area contributed by atoms with E-state index >= 15 is 0 Å². The molecule has 2 atom stereocenters. The number of nitrogens with one attached hydrogen (secondary N) is 1. The molecule has 1 aromatic rings. The Morgan fingerprint density at radius 3 is 3.06 bits per heavy atom. The first kappa shape index (κ1) is 13.5. The van der Waals surface area contributed by atoms with Gasteiger partial charge in [-0.2, -0.15) is 0 Å². The number of hydrogen-bond donors (Lipinski definition) is 1. The van der Waals surface area contributed by atoms with Crippen molar-refractivity contribution in [3.8, 4) is 0 Å². The van der Waals surface area contributed by atoms with Crippen LogP contribution in [-0.2, 0) is 11.2 Å². The number of rotatable bonds is 6. The molecule has 2 rings (SSSR count). The van der Waals surface area contributed by atoms with Crippen molar-refractivity contribution in [2.45, 2.75) is 44.7 Å². The highest BCUT2D eigenvalue weighted by Gasteiger charge is 2.26. The Hall–Kier alpha value is -0.930. The number of benzene rings is 1. The van der Waals surface area contributed by atoms with Crippen LogP contribution in [0, 0.1) is 5.82 Å². The Morgan fingerprint density at radius 2 is 2.33 bits per heavy atom. The van der Waals surface area contributed by atoms with Gasteiger partial charge in [0.05, 0.1) is 6.61 Å². The fourth-order valence-electron chi connectivity index (χ4n) is 2.83. The summed E-state index contributed by atoms with van der Waals surface area (Å²) in [7, 11) is 1.73. The molecule has 3 heteroatoms. The third-order valence-corrected chi connectivity index (χ3v) is 3.66. The van der Waals surface area contributed by atoms with Gasteiger partial charge in [-0.1, -0.05) is 25.5 Å². The van der Waals surface area contributed by atoms with Crippen LogP contribution in [0.2, 0.25) is 0 Å². The molecular formula is C15H22FNO. The molecule has 1 aliphatic carbocycles. The third kappa shape index (κ3) is 2.90. The van der Waals surface area contributed by atoms with Crippen LogP contribution in [-0.4, -0.2) is 19.8 Å². The molecule has 0 amide bonds. The molecule has 1 aromatic carbocycles. The lowest BCUT2D eigenvalue weighted by atomic mass is 10.1. The van der Waals surface area contributed by atoms with Crippen molar-refractivity contribution in [2.75, 3.05) is 13.7 Å². The van der Waals surface area contributed by atoms with E-state index in [0.29, 0.717) is 6.04 Å². The summed E-state index contributed by atoms with van der Waals surface area (Å²) < 4.78 is 18.9. The summed E-state index contributed by atoms with van der Waals surface area (Å²) in [6.07, 6.45) is 4.05. The fourth-order valence-corrected chi connectivity index (χ4v) is 2.83. The maximum Gasteiger partial charge on any atom is 0.126 e. The molecule has 1 aliphatic rings. The van der Waals surface area contributed by atoms with Crippen molar-refractivity contribution in [3.63, 3.8) is 0 Å². The Morgan fingerprint density at radius 1 is 1.50 bits per heavy atom. The summed E-state index contributed by atoms with van der Waals surface area (Å²) in [5.74, 6) is -0.0596. The number of halogens is 1. The zero-order valence-corrected chi connectivity index (χ0v) is 11.2. The molecule has 2 nitrogen and oxygen atoms in total. The highest BCUT2D eigenvalue weighted by molar-refractivity contribution is 5.35. The van der Waals surface area contributed by atoms with Gasteiger partial charge in [0.1, 0.15) is 5.82 Å². The van der Waals surface area contributed by atoms with Gasteiger partial charge in [0.2, 0.25) is 0 Å². The smallest absolute Gasteiger partial charge is 0.126 e. The molecule has 0 saturated carbocycles. The van der Waals surface area contributed by atoms with Crippen LogP contribution in [0.5, 0.6) is 0 Å². The lowest BCUT2D eigenvalue weighted by molar-refractivity contribution is 0.155. The van der Waals surface area contributed by atoms with Crippen molar-refractivity contribution in [1.29, 1.82) is 0 Å². The Bertz CT molecular complexity index is 388. The summed E-state index contributed by atoms with van der Waals surface area (Å²) >= 11 is 0. The predicted molar refractivity (Wildman–Crippen MR) is 71.2 cm³/mol. The summed E-state index contributed by atoms with van der Waals surface area (Å²) in [5.41, 5.74) is 2.02. The highest BCUT2D eigenvalue weighted by atomic mass is 19.1. The Kier molecular flexibility index (Phi) is 4.72. The fraction of sp³-hybridized carbons (Fsp3) is 0.600. The first-order chi connectivity index (χ1) is 8.76. The van der Waals surface area contributed by atoms with E-state index in [1.807, 2.05) is 6.07 Å². The minimum absolute atomic E-state index is 0.0596. The van der Waals surface area contributed by atoms with Gasteiger partial charge < -0.3 is 10.1 Å². The van der Waals surface area contributed by atoms with Crippen molar-refractivity contribution >= 4 is 0 Å². The van der Waals surface area contributed by atoms with Gasteiger partial charge in [-0.05, 0) is 36.5 Å². The molecular weight excluding hydrogens is 229 g/mol. The summed E-state index contributed by atoms with van der Waals surface area (Å²) in [4.78, 5) is 0. The predicted octanol–water partition coefficient (Wildman–Crippen LogP) is 3.22. The maximum absolute atomic E-state index is 13.6. The minimum Gasteiger partial charge on any atom is -0.383 e. The summed E-state index contributed by atoms with van der Waals surface area (Å²) in [5, 5.41) is 3.61. The zero-order valence-electron chi connectivity index (χ0n) is 11.2. The van der Waals surface area contributed by atoms with Crippen LogP contribution in [0.15, 0.2) is 18.2 Å². The quantitative estimate of drug-likeness (QED) is 0.838. The standard InChI is InChI=1S/C15H22FNO/c1-3-5-11(10-18-2)17-15-9-8-12-13(15)6-4-7-14(12)16/h4,6-7,11,15,17H,3,5,8-10H2,1-2H3. The van der Waals surface area contributed by atoms with Crippen LogP contribution in [0.25, 0.3) is 0 Å². The molecule has 0 fully saturated rings. The van der Waals surface area contributed by atoms with Crippen LogP contribution >= 0.6 is 0 Å². The van der Waals surface area contributed by atoms with Crippen molar-refractivity contribution in [2.24, 2.45) is 0 Å². The number of methoxy groups -OCH3 is 1. The van der Waals surface area contributed by atoms with E-state index in [0.717, 1.165) is 43.4 Å². The molecule has 0 heterocycles. The van der Waals surface area contributed by atoms with Crippen LogP contribution < -0.4 is 5.32 Å². The molecule has 0 bridgehead atoms. The van der Waals surface area contributed by atoms with Crippen LogP contribution in [0.1, 0.15) is 43.4 Å². The van der Waals surface area contributed by atoms with Gasteiger partial charge >= 0.3 is 0 Å². The molecule has 0 saturated heterocycles. The minimum atomic E-state index is -0.0596. The number of hydrogen-bond acceptors (Lipinski definition) is 2. The van der Waals surface area contributed by atoms with E-state index in [1.165, 1.54) is 0 Å². The first-order valence-electron chi connectivity index (χ1n) is 6.78. The topological polar surface area (TPSA) is 21.3 Å². The molecule has 0 radical (unpaired) electrons. The zero-order chi connectivity index (χ0) is 13.0. The van der Waals surface area contributed by atoms with Gasteiger partial charge in [-0.25, -0.2) is 4.39 Å². The molecule has 18 heavy (non-hydrogen) atoms. The van der Waals surface area contributed by atoms with Gasteiger partial charge in [0.25, 0.3) is 0 Å². The second kappa shape index (κ2) is 6.30. The summed E-state index contributed by atoms with van der Waals surface area (Å²) in [6, 6.07) is 6.04. The molecule has 100 valence electrons. The van der Waals surface area contributed by atoms with E-state index < -0.39 is 0 Å². The highest BCUT2D eigenvalue weighted by Crippen LogP contribution is 2.33. The van der Waals surface area contributed by atoms with E-state index in [-0.39, 0.29) is 11.9 Å². The molecule has 0 aliphatic heterocycles. The van der Waals surface area contributed by atoms with Gasteiger partial charge in [-0.3, -0.25) is 0 Å². The average Bonchev–Trinajstić information content (AvgIpc) is 2.75. The molecule has 0 spiro atoms. The average molecular weight is 251 g/mol. The normalized spacial score (nSPS) is 19.8. The largest absolute Gasteiger partial charge is 0.383 e. The Labute approximate surface area is 109 Å². The second-order valence-corrected chi connectivity index (χ2v) is 5.01.